The lowest BCUT2D eigenvalue weighted by molar-refractivity contribution is -0.134. The Labute approximate surface area is 162 Å². The number of hydrogen-bond donors (Lipinski definition) is 2. The highest BCUT2D eigenvalue weighted by molar-refractivity contribution is 5.93. The zero-order chi connectivity index (χ0) is 20.1. The molecule has 2 N–H and O–H groups in total. The average molecular weight is 389 g/mol. The average Bonchev–Trinajstić information content (AvgIpc) is 3.40. The third-order valence-corrected chi connectivity index (χ3v) is 6.33. The standard InChI is InChI=1S/C19H27N5O4/c1-22-14(9-15(25)23(2)18(22)28)16(26)20-13-10-19(17(27)21-12-5-6-12)7-3-4-8-24(19)11-13/h9,12-13H,3-8,10-11H2,1-2H3,(H,20,26)(H,21,27)/t13-,19-/m0/s1. The summed E-state index contributed by atoms with van der Waals surface area (Å²) in [4.78, 5) is 52.0. The molecule has 3 heterocycles. The Balaban J connectivity index is 1.53. The van der Waals surface area contributed by atoms with Crippen LogP contribution < -0.4 is 21.9 Å². The summed E-state index contributed by atoms with van der Waals surface area (Å²) in [7, 11) is 2.85. The quantitative estimate of drug-likeness (QED) is 0.694. The summed E-state index contributed by atoms with van der Waals surface area (Å²) in [5.74, 6) is -0.382. The van der Waals surface area contributed by atoms with Crippen molar-refractivity contribution < 1.29 is 9.59 Å². The Morgan fingerprint density at radius 2 is 1.82 bits per heavy atom. The first-order chi connectivity index (χ1) is 13.3. The smallest absolute Gasteiger partial charge is 0.331 e. The summed E-state index contributed by atoms with van der Waals surface area (Å²) < 4.78 is 2.14. The second-order valence-electron chi connectivity index (χ2n) is 8.33. The molecule has 1 aliphatic carbocycles. The molecular weight excluding hydrogens is 362 g/mol. The molecule has 2 aliphatic heterocycles. The lowest BCUT2D eigenvalue weighted by atomic mass is 9.84. The van der Waals surface area contributed by atoms with Crippen LogP contribution in [0.1, 0.15) is 49.0 Å². The molecule has 152 valence electrons. The topological polar surface area (TPSA) is 105 Å². The van der Waals surface area contributed by atoms with E-state index >= 15 is 0 Å². The Morgan fingerprint density at radius 3 is 2.54 bits per heavy atom. The van der Waals surface area contributed by atoms with Crippen molar-refractivity contribution in [1.29, 1.82) is 0 Å². The van der Waals surface area contributed by atoms with E-state index in [4.69, 9.17) is 0 Å². The van der Waals surface area contributed by atoms with E-state index in [1.807, 2.05) is 0 Å². The van der Waals surface area contributed by atoms with Crippen LogP contribution in [0.2, 0.25) is 0 Å². The fourth-order valence-electron chi connectivity index (χ4n) is 4.53. The Kier molecular flexibility index (Phi) is 4.65. The van der Waals surface area contributed by atoms with Crippen LogP contribution in [0.15, 0.2) is 15.7 Å². The Morgan fingerprint density at radius 1 is 1.07 bits per heavy atom. The first-order valence-electron chi connectivity index (χ1n) is 9.96. The maximum atomic E-state index is 13.0. The van der Waals surface area contributed by atoms with Gasteiger partial charge >= 0.3 is 5.69 Å². The van der Waals surface area contributed by atoms with Crippen molar-refractivity contribution in [3.05, 3.63) is 32.6 Å². The normalized spacial score (nSPS) is 27.3. The van der Waals surface area contributed by atoms with Crippen LogP contribution in [0, 0.1) is 0 Å². The van der Waals surface area contributed by atoms with E-state index in [0.29, 0.717) is 19.0 Å². The first kappa shape index (κ1) is 18.9. The highest BCUT2D eigenvalue weighted by Crippen LogP contribution is 2.38. The fourth-order valence-corrected chi connectivity index (χ4v) is 4.53. The molecule has 9 heteroatoms. The SMILES string of the molecule is Cn1c(C(=O)N[C@@H]2CN3CCCC[C@@]3(C(=O)NC3CC3)C2)cc(=O)n(C)c1=O. The minimum Gasteiger partial charge on any atom is -0.352 e. The van der Waals surface area contributed by atoms with E-state index in [0.717, 1.165) is 43.2 Å². The van der Waals surface area contributed by atoms with Gasteiger partial charge in [0.15, 0.2) is 0 Å². The first-order valence-corrected chi connectivity index (χ1v) is 9.96. The fraction of sp³-hybridized carbons (Fsp3) is 0.684. The predicted molar refractivity (Wildman–Crippen MR) is 102 cm³/mol. The molecule has 1 saturated carbocycles. The number of aromatic nitrogens is 2. The zero-order valence-corrected chi connectivity index (χ0v) is 16.4. The molecule has 1 aromatic rings. The molecule has 3 aliphatic rings. The molecule has 0 aromatic carbocycles. The van der Waals surface area contributed by atoms with Gasteiger partial charge in [0, 0.05) is 38.8 Å². The minimum atomic E-state index is -0.558. The van der Waals surface area contributed by atoms with Crippen LogP contribution in [0.25, 0.3) is 0 Å². The molecule has 2 saturated heterocycles. The van der Waals surface area contributed by atoms with Crippen molar-refractivity contribution in [2.75, 3.05) is 13.1 Å². The number of nitrogens with one attached hydrogen (secondary N) is 2. The molecule has 4 rings (SSSR count). The lowest BCUT2D eigenvalue weighted by Gasteiger charge is -2.40. The second-order valence-corrected chi connectivity index (χ2v) is 8.33. The van der Waals surface area contributed by atoms with Gasteiger partial charge in [-0.3, -0.25) is 28.4 Å². The number of rotatable bonds is 4. The van der Waals surface area contributed by atoms with E-state index in [9.17, 15) is 19.2 Å². The third kappa shape index (κ3) is 3.17. The van der Waals surface area contributed by atoms with E-state index in [-0.39, 0.29) is 17.6 Å². The van der Waals surface area contributed by atoms with E-state index in [1.165, 1.54) is 24.7 Å². The van der Waals surface area contributed by atoms with E-state index < -0.39 is 22.7 Å². The minimum absolute atomic E-state index is 0.0365. The van der Waals surface area contributed by atoms with Gasteiger partial charge in [-0.2, -0.15) is 0 Å². The molecule has 28 heavy (non-hydrogen) atoms. The van der Waals surface area contributed by atoms with Crippen LogP contribution in [0.3, 0.4) is 0 Å². The highest BCUT2D eigenvalue weighted by atomic mass is 16.2. The van der Waals surface area contributed by atoms with Gasteiger partial charge in [-0.15, -0.1) is 0 Å². The van der Waals surface area contributed by atoms with Crippen molar-refractivity contribution in [1.82, 2.24) is 24.7 Å². The molecular formula is C19H27N5O4. The number of hydrogen-bond acceptors (Lipinski definition) is 5. The van der Waals surface area contributed by atoms with Crippen molar-refractivity contribution >= 4 is 11.8 Å². The number of nitrogens with zero attached hydrogens (tertiary/aromatic N) is 3. The summed E-state index contributed by atoms with van der Waals surface area (Å²) in [5, 5.41) is 6.09. The van der Waals surface area contributed by atoms with Crippen LogP contribution in [-0.4, -0.2) is 56.6 Å². The maximum Gasteiger partial charge on any atom is 0.331 e. The molecule has 1 aromatic heterocycles. The summed E-state index contributed by atoms with van der Waals surface area (Å²) in [6, 6.07) is 1.28. The molecule has 2 atom stereocenters. The molecule has 0 radical (unpaired) electrons. The third-order valence-electron chi connectivity index (χ3n) is 6.33. The number of carbonyl (C=O) groups is 2. The van der Waals surface area contributed by atoms with Crippen molar-refractivity contribution in [2.45, 2.75) is 56.1 Å². The Hall–Kier alpha value is -2.42. The van der Waals surface area contributed by atoms with Gasteiger partial charge in [-0.25, -0.2) is 4.79 Å². The van der Waals surface area contributed by atoms with Gasteiger partial charge in [-0.05, 0) is 45.1 Å². The van der Waals surface area contributed by atoms with Crippen molar-refractivity contribution in [3.8, 4) is 0 Å². The molecule has 0 spiro atoms. The Bertz CT molecular complexity index is 931. The predicted octanol–water partition coefficient (Wildman–Crippen LogP) is -0.911. The zero-order valence-electron chi connectivity index (χ0n) is 16.4. The largest absolute Gasteiger partial charge is 0.352 e. The molecule has 3 fully saturated rings. The van der Waals surface area contributed by atoms with Crippen LogP contribution in [0.4, 0.5) is 0 Å². The number of fused-ring (bicyclic) bond motifs is 1. The number of piperidine rings is 1. The van der Waals surface area contributed by atoms with Gasteiger partial charge < -0.3 is 10.6 Å². The lowest BCUT2D eigenvalue weighted by Crippen LogP contribution is -2.57. The summed E-state index contributed by atoms with van der Waals surface area (Å²) in [6.45, 7) is 1.44. The molecule has 2 amide bonds. The van der Waals surface area contributed by atoms with Gasteiger partial charge in [0.05, 0.1) is 0 Å². The van der Waals surface area contributed by atoms with Gasteiger partial charge in [0.1, 0.15) is 11.2 Å². The summed E-state index contributed by atoms with van der Waals surface area (Å²) in [6.07, 6.45) is 5.47. The van der Waals surface area contributed by atoms with Crippen molar-refractivity contribution in [2.24, 2.45) is 14.1 Å². The van der Waals surface area contributed by atoms with Crippen LogP contribution in [-0.2, 0) is 18.9 Å². The highest BCUT2D eigenvalue weighted by Gasteiger charge is 2.52. The van der Waals surface area contributed by atoms with Gasteiger partial charge in [0.2, 0.25) is 5.91 Å². The van der Waals surface area contributed by atoms with E-state index in [1.54, 1.807) is 0 Å². The second kappa shape index (κ2) is 6.88. The number of amides is 2. The van der Waals surface area contributed by atoms with Gasteiger partial charge in [0.25, 0.3) is 11.5 Å². The summed E-state index contributed by atoms with van der Waals surface area (Å²) >= 11 is 0. The molecule has 0 bridgehead atoms. The molecule has 9 nitrogen and oxygen atoms in total. The monoisotopic (exact) mass is 389 g/mol. The number of carbonyl (C=O) groups excluding carboxylic acids is 2. The molecule has 0 unspecified atom stereocenters. The maximum absolute atomic E-state index is 13.0. The summed E-state index contributed by atoms with van der Waals surface area (Å²) in [5.41, 5.74) is -1.58. The van der Waals surface area contributed by atoms with Crippen LogP contribution >= 0.6 is 0 Å². The van der Waals surface area contributed by atoms with E-state index in [2.05, 4.69) is 15.5 Å². The van der Waals surface area contributed by atoms with Crippen molar-refractivity contribution in [3.63, 3.8) is 0 Å². The van der Waals surface area contributed by atoms with Gasteiger partial charge in [-0.1, -0.05) is 0 Å². The van der Waals surface area contributed by atoms with Crippen LogP contribution in [0.5, 0.6) is 0 Å².